The lowest BCUT2D eigenvalue weighted by Crippen LogP contribution is -2.14. The van der Waals surface area contributed by atoms with Crippen LogP contribution in [0.3, 0.4) is 0 Å². The number of hydrogen-bond donors (Lipinski definition) is 1. The van der Waals surface area contributed by atoms with Crippen molar-refractivity contribution < 1.29 is 9.21 Å². The Morgan fingerprint density at radius 3 is 2.88 bits per heavy atom. The summed E-state index contributed by atoms with van der Waals surface area (Å²) in [5.41, 5.74) is 1.08. The Morgan fingerprint density at radius 2 is 2.24 bits per heavy atom. The number of anilines is 1. The van der Waals surface area contributed by atoms with Gasteiger partial charge in [-0.2, -0.15) is 0 Å². The van der Waals surface area contributed by atoms with Crippen molar-refractivity contribution in [1.82, 2.24) is 4.98 Å². The minimum atomic E-state index is -0.219. The molecule has 0 radical (unpaired) electrons. The Hall–Kier alpha value is -1.52. The molecular weight excluding hydrogens is 263 g/mol. The van der Waals surface area contributed by atoms with Crippen LogP contribution in [0.15, 0.2) is 35.3 Å². The minimum Gasteiger partial charge on any atom is -0.451 e. The molecule has 17 heavy (non-hydrogen) atoms. The quantitative estimate of drug-likeness (QED) is 0.932. The lowest BCUT2D eigenvalue weighted by Gasteiger charge is -2.06. The average Bonchev–Trinajstić information content (AvgIpc) is 2.75. The van der Waals surface area contributed by atoms with E-state index < -0.39 is 0 Å². The molecular formula is C11H8Cl2N2O2. The van der Waals surface area contributed by atoms with Crippen LogP contribution >= 0.6 is 23.2 Å². The molecule has 0 saturated carbocycles. The fourth-order valence-electron chi connectivity index (χ4n) is 1.27. The summed E-state index contributed by atoms with van der Waals surface area (Å²) in [6.07, 6.45) is 2.83. The van der Waals surface area contributed by atoms with Crippen molar-refractivity contribution in [2.45, 2.75) is 6.42 Å². The topological polar surface area (TPSA) is 55.1 Å². The van der Waals surface area contributed by atoms with Crippen LogP contribution in [-0.4, -0.2) is 10.9 Å². The molecule has 0 aliphatic rings. The summed E-state index contributed by atoms with van der Waals surface area (Å²) in [5, 5.41) is 3.58. The number of nitrogens with one attached hydrogen (secondary N) is 1. The van der Waals surface area contributed by atoms with Gasteiger partial charge in [-0.05, 0) is 18.2 Å². The van der Waals surface area contributed by atoms with Gasteiger partial charge in [-0.1, -0.05) is 23.2 Å². The first-order valence-corrected chi connectivity index (χ1v) is 5.53. The van der Waals surface area contributed by atoms with Crippen LogP contribution in [0.2, 0.25) is 10.0 Å². The summed E-state index contributed by atoms with van der Waals surface area (Å²) >= 11 is 11.7. The molecule has 2 rings (SSSR count). The maximum atomic E-state index is 11.6. The van der Waals surface area contributed by atoms with Crippen molar-refractivity contribution >= 4 is 34.8 Å². The van der Waals surface area contributed by atoms with Crippen LogP contribution in [0.25, 0.3) is 0 Å². The van der Waals surface area contributed by atoms with Gasteiger partial charge in [0.2, 0.25) is 5.91 Å². The maximum Gasteiger partial charge on any atom is 0.230 e. The lowest BCUT2D eigenvalue weighted by molar-refractivity contribution is -0.115. The Bertz CT molecular complexity index is 526. The second-order valence-corrected chi connectivity index (χ2v) is 4.17. The Balaban J connectivity index is 2.03. The van der Waals surface area contributed by atoms with Crippen LogP contribution in [-0.2, 0) is 11.2 Å². The van der Waals surface area contributed by atoms with E-state index in [2.05, 4.69) is 10.3 Å². The van der Waals surface area contributed by atoms with E-state index in [4.69, 9.17) is 27.6 Å². The predicted octanol–water partition coefficient (Wildman–Crippen LogP) is 3.16. The molecule has 4 nitrogen and oxygen atoms in total. The summed E-state index contributed by atoms with van der Waals surface area (Å²) in [4.78, 5) is 15.5. The van der Waals surface area contributed by atoms with Crippen LogP contribution < -0.4 is 5.32 Å². The highest BCUT2D eigenvalue weighted by molar-refractivity contribution is 6.36. The monoisotopic (exact) mass is 270 g/mol. The number of hydrogen-bond acceptors (Lipinski definition) is 3. The number of oxazole rings is 1. The molecule has 1 heterocycles. The van der Waals surface area contributed by atoms with Gasteiger partial charge in [0.1, 0.15) is 6.26 Å². The molecule has 1 N–H and O–H groups in total. The standard InChI is InChI=1S/C11H8Cl2N2O2/c12-7-1-2-10(9(13)3-7)15-11(16)4-8-5-17-6-14-8/h1-3,5-6H,4H2,(H,15,16). The maximum absolute atomic E-state index is 11.6. The molecule has 1 amide bonds. The first-order valence-electron chi connectivity index (χ1n) is 4.77. The van der Waals surface area contributed by atoms with Crippen LogP contribution in [0.4, 0.5) is 5.69 Å². The summed E-state index contributed by atoms with van der Waals surface area (Å²) < 4.78 is 4.77. The normalized spacial score (nSPS) is 10.2. The van der Waals surface area contributed by atoms with E-state index >= 15 is 0 Å². The number of rotatable bonds is 3. The van der Waals surface area contributed by atoms with Crippen molar-refractivity contribution in [3.8, 4) is 0 Å². The highest BCUT2D eigenvalue weighted by Crippen LogP contribution is 2.25. The van der Waals surface area contributed by atoms with Crippen LogP contribution in [0.5, 0.6) is 0 Å². The lowest BCUT2D eigenvalue weighted by atomic mass is 10.3. The van der Waals surface area contributed by atoms with E-state index in [9.17, 15) is 4.79 Å². The van der Waals surface area contributed by atoms with Gasteiger partial charge in [0.25, 0.3) is 0 Å². The molecule has 0 saturated heterocycles. The first-order chi connectivity index (χ1) is 8.15. The van der Waals surface area contributed by atoms with E-state index in [-0.39, 0.29) is 12.3 Å². The SMILES string of the molecule is O=C(Cc1cocn1)Nc1ccc(Cl)cc1Cl. The largest absolute Gasteiger partial charge is 0.451 e. The van der Waals surface area contributed by atoms with E-state index in [1.807, 2.05) is 0 Å². The average molecular weight is 271 g/mol. The summed E-state index contributed by atoms with van der Waals surface area (Å²) in [5.74, 6) is -0.219. The summed E-state index contributed by atoms with van der Waals surface area (Å²) in [7, 11) is 0. The fourth-order valence-corrected chi connectivity index (χ4v) is 1.73. The first kappa shape index (κ1) is 12.0. The van der Waals surface area contributed by atoms with Crippen molar-refractivity contribution in [2.24, 2.45) is 0 Å². The molecule has 1 aromatic carbocycles. The number of aromatic nitrogens is 1. The molecule has 0 aliphatic heterocycles. The van der Waals surface area contributed by atoms with E-state index in [1.165, 1.54) is 12.7 Å². The molecule has 0 bridgehead atoms. The van der Waals surface area contributed by atoms with Gasteiger partial charge in [0.05, 0.1) is 22.8 Å². The third-order valence-corrected chi connectivity index (χ3v) is 2.58. The van der Waals surface area contributed by atoms with Crippen molar-refractivity contribution in [2.75, 3.05) is 5.32 Å². The van der Waals surface area contributed by atoms with Crippen molar-refractivity contribution in [3.63, 3.8) is 0 Å². The Morgan fingerprint density at radius 1 is 1.41 bits per heavy atom. The van der Waals surface area contributed by atoms with Gasteiger partial charge in [0, 0.05) is 5.02 Å². The third-order valence-electron chi connectivity index (χ3n) is 2.03. The molecule has 0 fully saturated rings. The smallest absolute Gasteiger partial charge is 0.230 e. The van der Waals surface area contributed by atoms with E-state index in [1.54, 1.807) is 18.2 Å². The predicted molar refractivity (Wildman–Crippen MR) is 65.3 cm³/mol. The Labute approximate surface area is 108 Å². The second-order valence-electron chi connectivity index (χ2n) is 3.33. The number of benzene rings is 1. The molecule has 0 unspecified atom stereocenters. The molecule has 0 aliphatic carbocycles. The Kier molecular flexibility index (Phi) is 3.66. The van der Waals surface area contributed by atoms with Crippen LogP contribution in [0.1, 0.15) is 5.69 Å². The molecule has 0 spiro atoms. The van der Waals surface area contributed by atoms with Gasteiger partial charge >= 0.3 is 0 Å². The number of halogens is 2. The zero-order chi connectivity index (χ0) is 12.3. The van der Waals surface area contributed by atoms with Gasteiger partial charge in [-0.15, -0.1) is 0 Å². The molecule has 88 valence electrons. The van der Waals surface area contributed by atoms with Gasteiger partial charge in [-0.25, -0.2) is 4.98 Å². The van der Waals surface area contributed by atoms with Crippen LogP contribution in [0, 0.1) is 0 Å². The van der Waals surface area contributed by atoms with Crippen molar-refractivity contribution in [1.29, 1.82) is 0 Å². The van der Waals surface area contributed by atoms with Gasteiger partial charge < -0.3 is 9.73 Å². The highest BCUT2D eigenvalue weighted by atomic mass is 35.5. The second kappa shape index (κ2) is 5.21. The van der Waals surface area contributed by atoms with E-state index in [0.717, 1.165) is 0 Å². The van der Waals surface area contributed by atoms with Crippen molar-refractivity contribution in [3.05, 3.63) is 46.6 Å². The fraction of sp³-hybridized carbons (Fsp3) is 0.0909. The summed E-state index contributed by atoms with van der Waals surface area (Å²) in [6, 6.07) is 4.86. The number of carbonyl (C=O) groups excluding carboxylic acids is 1. The number of nitrogens with zero attached hydrogens (tertiary/aromatic N) is 1. The molecule has 1 aromatic heterocycles. The number of amides is 1. The summed E-state index contributed by atoms with van der Waals surface area (Å²) in [6.45, 7) is 0. The number of carbonyl (C=O) groups is 1. The molecule has 0 atom stereocenters. The van der Waals surface area contributed by atoms with Gasteiger partial charge in [-0.3, -0.25) is 4.79 Å². The molecule has 2 aromatic rings. The van der Waals surface area contributed by atoms with E-state index in [0.29, 0.717) is 21.4 Å². The molecule has 6 heteroatoms. The zero-order valence-electron chi connectivity index (χ0n) is 8.61. The third kappa shape index (κ3) is 3.22. The van der Waals surface area contributed by atoms with Gasteiger partial charge in [0.15, 0.2) is 6.39 Å². The zero-order valence-corrected chi connectivity index (χ0v) is 10.1. The highest BCUT2D eigenvalue weighted by Gasteiger charge is 2.08. The minimum absolute atomic E-state index is 0.134.